The normalized spacial score (nSPS) is 12.8. The molecule has 6 nitrogen and oxygen atoms in total. The van der Waals surface area contributed by atoms with Crippen LogP contribution in [0.2, 0.25) is 0 Å². The number of hydrogen-bond donors (Lipinski definition) is 3. The van der Waals surface area contributed by atoms with Crippen molar-refractivity contribution in [3.05, 3.63) is 16.1 Å². The summed E-state index contributed by atoms with van der Waals surface area (Å²) in [7, 11) is 0. The maximum atomic E-state index is 12.5. The van der Waals surface area contributed by atoms with Crippen LogP contribution in [0, 0.1) is 5.41 Å². The van der Waals surface area contributed by atoms with E-state index in [-0.39, 0.29) is 17.5 Å². The van der Waals surface area contributed by atoms with Crippen LogP contribution in [-0.4, -0.2) is 36.5 Å². The van der Waals surface area contributed by atoms with Crippen LogP contribution in [0.1, 0.15) is 38.4 Å². The standard InChI is InChI=1S/C15H24F3N5OS/c1-5-19-13(21-7-6-20-12(24)14(2,3)4)22-8-11-23-10(9-25-11)15(16,17)18/h9H,5-8H2,1-4H3,(H,20,24)(H2,19,21,22). The Hall–Kier alpha value is -1.84. The summed E-state index contributed by atoms with van der Waals surface area (Å²) in [5.74, 6) is 0.398. The molecule has 0 aliphatic rings. The Kier molecular flexibility index (Phi) is 7.65. The number of nitrogens with zero attached hydrogens (tertiary/aromatic N) is 2. The smallest absolute Gasteiger partial charge is 0.357 e. The second kappa shape index (κ2) is 9.02. The number of aromatic nitrogens is 1. The van der Waals surface area contributed by atoms with Crippen LogP contribution in [0.5, 0.6) is 0 Å². The van der Waals surface area contributed by atoms with Crippen molar-refractivity contribution in [2.75, 3.05) is 19.6 Å². The second-order valence-corrected chi connectivity index (χ2v) is 7.19. The highest BCUT2D eigenvalue weighted by atomic mass is 32.1. The first-order chi connectivity index (χ1) is 11.5. The molecule has 1 aromatic rings. The largest absolute Gasteiger partial charge is 0.434 e. The van der Waals surface area contributed by atoms with Gasteiger partial charge in [0.15, 0.2) is 11.7 Å². The molecule has 0 bridgehead atoms. The van der Waals surface area contributed by atoms with Crippen LogP contribution in [0.15, 0.2) is 10.4 Å². The van der Waals surface area contributed by atoms with Gasteiger partial charge in [-0.1, -0.05) is 20.8 Å². The molecule has 1 rings (SSSR count). The Morgan fingerprint density at radius 1 is 1.20 bits per heavy atom. The van der Waals surface area contributed by atoms with Crippen molar-refractivity contribution in [2.24, 2.45) is 10.4 Å². The molecule has 0 saturated carbocycles. The van der Waals surface area contributed by atoms with E-state index in [0.717, 1.165) is 16.7 Å². The van der Waals surface area contributed by atoms with Crippen LogP contribution in [0.25, 0.3) is 0 Å². The highest BCUT2D eigenvalue weighted by Gasteiger charge is 2.33. The second-order valence-electron chi connectivity index (χ2n) is 6.25. The summed E-state index contributed by atoms with van der Waals surface area (Å²) < 4.78 is 37.6. The molecule has 1 heterocycles. The zero-order valence-electron chi connectivity index (χ0n) is 14.8. The van der Waals surface area contributed by atoms with Crippen molar-refractivity contribution in [3.8, 4) is 0 Å². The number of amides is 1. The summed E-state index contributed by atoms with van der Waals surface area (Å²) in [6.45, 7) is 8.86. The molecule has 0 unspecified atom stereocenters. The predicted octanol–water partition coefficient (Wildman–Crippen LogP) is 2.38. The maximum Gasteiger partial charge on any atom is 0.434 e. The zero-order chi connectivity index (χ0) is 19.1. The molecule has 0 radical (unpaired) electrons. The van der Waals surface area contributed by atoms with Crippen molar-refractivity contribution < 1.29 is 18.0 Å². The third-order valence-electron chi connectivity index (χ3n) is 2.94. The Morgan fingerprint density at radius 3 is 2.36 bits per heavy atom. The number of aliphatic imine (C=N–C) groups is 1. The van der Waals surface area contributed by atoms with Crippen molar-refractivity contribution in [1.29, 1.82) is 0 Å². The topological polar surface area (TPSA) is 78.4 Å². The highest BCUT2D eigenvalue weighted by Crippen LogP contribution is 2.30. The average Bonchev–Trinajstić information content (AvgIpc) is 2.96. The Balaban J connectivity index is 2.51. The minimum Gasteiger partial charge on any atom is -0.357 e. The Labute approximate surface area is 149 Å². The van der Waals surface area contributed by atoms with Crippen LogP contribution < -0.4 is 16.0 Å². The van der Waals surface area contributed by atoms with Gasteiger partial charge in [-0.05, 0) is 6.92 Å². The number of nitrogens with one attached hydrogen (secondary N) is 3. The van der Waals surface area contributed by atoms with Gasteiger partial charge in [0.25, 0.3) is 0 Å². The molecule has 3 N–H and O–H groups in total. The molecule has 0 fully saturated rings. The van der Waals surface area contributed by atoms with Gasteiger partial charge in [0.1, 0.15) is 5.01 Å². The minimum atomic E-state index is -4.44. The molecular weight excluding hydrogens is 355 g/mol. The molecule has 0 aliphatic heterocycles. The van der Waals surface area contributed by atoms with Crippen LogP contribution in [-0.2, 0) is 17.5 Å². The Bertz CT molecular complexity index is 593. The van der Waals surface area contributed by atoms with E-state index in [1.807, 2.05) is 27.7 Å². The Morgan fingerprint density at radius 2 is 1.84 bits per heavy atom. The van der Waals surface area contributed by atoms with Gasteiger partial charge in [0.2, 0.25) is 5.91 Å². The molecule has 10 heteroatoms. The van der Waals surface area contributed by atoms with Crippen molar-refractivity contribution in [1.82, 2.24) is 20.9 Å². The molecule has 0 atom stereocenters. The number of guanidine groups is 1. The minimum absolute atomic E-state index is 0.0461. The van der Waals surface area contributed by atoms with Crippen molar-refractivity contribution >= 4 is 23.2 Å². The summed E-state index contributed by atoms with van der Waals surface area (Å²) in [6, 6.07) is 0. The number of alkyl halides is 3. The fraction of sp³-hybridized carbons (Fsp3) is 0.667. The summed E-state index contributed by atoms with van der Waals surface area (Å²) in [5.41, 5.74) is -1.36. The fourth-order valence-electron chi connectivity index (χ4n) is 1.62. The number of rotatable bonds is 6. The van der Waals surface area contributed by atoms with E-state index in [1.165, 1.54) is 0 Å². The number of carbonyl (C=O) groups excluding carboxylic acids is 1. The van der Waals surface area contributed by atoms with Gasteiger partial charge in [-0.25, -0.2) is 9.98 Å². The molecule has 1 amide bonds. The summed E-state index contributed by atoms with van der Waals surface area (Å²) in [6.07, 6.45) is -4.44. The van der Waals surface area contributed by atoms with Crippen molar-refractivity contribution in [2.45, 2.75) is 40.4 Å². The summed E-state index contributed by atoms with van der Waals surface area (Å²) in [5, 5.41) is 10.1. The molecule has 142 valence electrons. The van der Waals surface area contributed by atoms with Gasteiger partial charge in [-0.2, -0.15) is 13.2 Å². The van der Waals surface area contributed by atoms with Crippen LogP contribution in [0.3, 0.4) is 0 Å². The third kappa shape index (κ3) is 7.72. The van der Waals surface area contributed by atoms with Gasteiger partial charge < -0.3 is 16.0 Å². The molecule has 1 aromatic heterocycles. The van der Waals surface area contributed by atoms with Crippen LogP contribution in [0.4, 0.5) is 13.2 Å². The van der Waals surface area contributed by atoms with Gasteiger partial charge in [0, 0.05) is 30.4 Å². The molecule has 0 spiro atoms. The van der Waals surface area contributed by atoms with E-state index in [0.29, 0.717) is 25.6 Å². The average molecular weight is 379 g/mol. The lowest BCUT2D eigenvalue weighted by Crippen LogP contribution is -2.43. The molecule has 0 aliphatic carbocycles. The van der Waals surface area contributed by atoms with Crippen LogP contribution >= 0.6 is 11.3 Å². The summed E-state index contributed by atoms with van der Waals surface area (Å²) in [4.78, 5) is 19.5. The number of hydrogen-bond acceptors (Lipinski definition) is 4. The number of carbonyl (C=O) groups is 1. The zero-order valence-corrected chi connectivity index (χ0v) is 15.6. The first-order valence-electron chi connectivity index (χ1n) is 7.86. The molecule has 0 aromatic carbocycles. The van der Waals surface area contributed by atoms with E-state index in [2.05, 4.69) is 25.9 Å². The third-order valence-corrected chi connectivity index (χ3v) is 3.78. The first kappa shape index (κ1) is 21.2. The van der Waals surface area contributed by atoms with E-state index in [9.17, 15) is 18.0 Å². The SMILES string of the molecule is CCNC(=NCc1nc(C(F)(F)F)cs1)NCCNC(=O)C(C)(C)C. The first-order valence-corrected chi connectivity index (χ1v) is 8.74. The summed E-state index contributed by atoms with van der Waals surface area (Å²) >= 11 is 0.921. The number of halogens is 3. The van der Waals surface area contributed by atoms with Gasteiger partial charge in [-0.3, -0.25) is 4.79 Å². The fourth-order valence-corrected chi connectivity index (χ4v) is 2.35. The number of thiazole rings is 1. The lowest BCUT2D eigenvalue weighted by molar-refractivity contribution is -0.140. The lowest BCUT2D eigenvalue weighted by Gasteiger charge is -2.18. The predicted molar refractivity (Wildman–Crippen MR) is 92.4 cm³/mol. The molecule has 25 heavy (non-hydrogen) atoms. The van der Waals surface area contributed by atoms with E-state index in [1.54, 1.807) is 0 Å². The van der Waals surface area contributed by atoms with E-state index in [4.69, 9.17) is 0 Å². The lowest BCUT2D eigenvalue weighted by atomic mass is 9.96. The van der Waals surface area contributed by atoms with Crippen molar-refractivity contribution in [3.63, 3.8) is 0 Å². The monoisotopic (exact) mass is 379 g/mol. The van der Waals surface area contributed by atoms with Gasteiger partial charge >= 0.3 is 6.18 Å². The van der Waals surface area contributed by atoms with Gasteiger partial charge in [-0.15, -0.1) is 11.3 Å². The van der Waals surface area contributed by atoms with E-state index < -0.39 is 17.3 Å². The van der Waals surface area contributed by atoms with E-state index >= 15 is 0 Å². The quantitative estimate of drug-likeness (QED) is 0.403. The molecule has 0 saturated heterocycles. The highest BCUT2D eigenvalue weighted by molar-refractivity contribution is 7.09. The van der Waals surface area contributed by atoms with Gasteiger partial charge in [0.05, 0.1) is 6.54 Å². The molecular formula is C15H24F3N5OS. The maximum absolute atomic E-state index is 12.5.